The first-order valence-corrected chi connectivity index (χ1v) is 6.38. The van der Waals surface area contributed by atoms with Crippen molar-refractivity contribution in [3.8, 4) is 11.8 Å². The van der Waals surface area contributed by atoms with Crippen LogP contribution in [-0.4, -0.2) is 55.2 Å². The quantitative estimate of drug-likeness (QED) is 0.678. The van der Waals surface area contributed by atoms with Crippen molar-refractivity contribution in [1.82, 2.24) is 15.3 Å². The van der Waals surface area contributed by atoms with Crippen molar-refractivity contribution < 1.29 is 19.3 Å². The molecule has 0 fully saturated rings. The molecule has 0 saturated carbocycles. The van der Waals surface area contributed by atoms with Gasteiger partial charge in [0.25, 0.3) is 0 Å². The van der Waals surface area contributed by atoms with Crippen molar-refractivity contribution in [2.45, 2.75) is 25.5 Å². The Hall–Kier alpha value is -1.44. The van der Waals surface area contributed by atoms with Crippen molar-refractivity contribution >= 4 is 0 Å². The highest BCUT2D eigenvalue weighted by Gasteiger charge is 2.20. The lowest BCUT2D eigenvalue weighted by Gasteiger charge is -2.23. The van der Waals surface area contributed by atoms with Crippen LogP contribution in [0.1, 0.15) is 18.9 Å². The van der Waals surface area contributed by atoms with E-state index in [0.717, 1.165) is 5.56 Å². The maximum atomic E-state index is 10.1. The largest absolute Gasteiger partial charge is 0.481 e. The maximum Gasteiger partial charge on any atom is 0.224 e. The van der Waals surface area contributed by atoms with Gasteiger partial charge in [0.1, 0.15) is 6.33 Å². The number of hydrogen-bond donors (Lipinski definition) is 2. The van der Waals surface area contributed by atoms with Crippen LogP contribution in [0.5, 0.6) is 11.8 Å². The van der Waals surface area contributed by atoms with Crippen LogP contribution in [-0.2, 0) is 11.3 Å². The number of hydrogen-bond acceptors (Lipinski definition) is 7. The fraction of sp³-hybridized carbons (Fsp3) is 0.692. The van der Waals surface area contributed by atoms with Crippen LogP contribution in [0.15, 0.2) is 6.33 Å². The standard InChI is InChI=1S/C13H23N3O4/c1-13(17,5-6-18-2)8-14-7-10-11(19-3)15-9-16-12(10)20-4/h9,14,17H,5-8H2,1-4H3. The van der Waals surface area contributed by atoms with E-state index in [2.05, 4.69) is 15.3 Å². The van der Waals surface area contributed by atoms with Gasteiger partial charge in [0.2, 0.25) is 11.8 Å². The molecule has 20 heavy (non-hydrogen) atoms. The molecule has 0 aliphatic rings. The zero-order valence-electron chi connectivity index (χ0n) is 12.5. The number of rotatable bonds is 9. The van der Waals surface area contributed by atoms with Gasteiger partial charge in [-0.05, 0) is 6.92 Å². The molecule has 7 nitrogen and oxygen atoms in total. The van der Waals surface area contributed by atoms with E-state index in [4.69, 9.17) is 14.2 Å². The van der Waals surface area contributed by atoms with Crippen LogP contribution in [0, 0.1) is 0 Å². The van der Waals surface area contributed by atoms with Crippen LogP contribution >= 0.6 is 0 Å². The lowest BCUT2D eigenvalue weighted by atomic mass is 10.0. The normalized spacial score (nSPS) is 13.8. The average molecular weight is 285 g/mol. The molecule has 1 atom stereocenters. The molecule has 1 unspecified atom stereocenters. The van der Waals surface area contributed by atoms with Gasteiger partial charge in [-0.3, -0.25) is 0 Å². The first-order chi connectivity index (χ1) is 9.54. The van der Waals surface area contributed by atoms with Crippen LogP contribution < -0.4 is 14.8 Å². The third-order valence-electron chi connectivity index (χ3n) is 2.91. The van der Waals surface area contributed by atoms with Gasteiger partial charge >= 0.3 is 0 Å². The predicted octanol–water partition coefficient (Wildman–Crippen LogP) is 0.371. The Balaban J connectivity index is 2.61. The summed E-state index contributed by atoms with van der Waals surface area (Å²) in [6.45, 7) is 3.12. The molecule has 0 spiro atoms. The summed E-state index contributed by atoms with van der Waals surface area (Å²) < 4.78 is 15.3. The highest BCUT2D eigenvalue weighted by atomic mass is 16.5. The van der Waals surface area contributed by atoms with Gasteiger partial charge in [-0.2, -0.15) is 0 Å². The van der Waals surface area contributed by atoms with Gasteiger partial charge in [0.05, 0.1) is 25.4 Å². The minimum atomic E-state index is -0.841. The number of aliphatic hydroxyl groups is 1. The van der Waals surface area contributed by atoms with E-state index < -0.39 is 5.60 Å². The molecule has 0 amide bonds. The van der Waals surface area contributed by atoms with Gasteiger partial charge in [0, 0.05) is 33.2 Å². The highest BCUT2D eigenvalue weighted by molar-refractivity contribution is 5.34. The molecular weight excluding hydrogens is 262 g/mol. The topological polar surface area (TPSA) is 85.7 Å². The molecule has 7 heteroatoms. The summed E-state index contributed by atoms with van der Waals surface area (Å²) >= 11 is 0. The molecule has 1 aromatic heterocycles. The van der Waals surface area contributed by atoms with Crippen LogP contribution in [0.4, 0.5) is 0 Å². The maximum absolute atomic E-state index is 10.1. The molecule has 1 aromatic rings. The van der Waals surface area contributed by atoms with Gasteiger partial charge in [0.15, 0.2) is 0 Å². The van der Waals surface area contributed by atoms with Crippen LogP contribution in [0.25, 0.3) is 0 Å². The first-order valence-electron chi connectivity index (χ1n) is 6.38. The van der Waals surface area contributed by atoms with Gasteiger partial charge in [-0.25, -0.2) is 9.97 Å². The zero-order chi connectivity index (χ0) is 15.0. The molecule has 0 aromatic carbocycles. The van der Waals surface area contributed by atoms with E-state index in [1.54, 1.807) is 28.3 Å². The van der Waals surface area contributed by atoms with Crippen molar-refractivity contribution in [2.75, 3.05) is 34.5 Å². The molecule has 1 rings (SSSR count). The number of nitrogens with one attached hydrogen (secondary N) is 1. The molecule has 0 saturated heterocycles. The van der Waals surface area contributed by atoms with Crippen molar-refractivity contribution in [3.63, 3.8) is 0 Å². The van der Waals surface area contributed by atoms with Crippen molar-refractivity contribution in [1.29, 1.82) is 0 Å². The first kappa shape index (κ1) is 16.6. The Morgan fingerprint density at radius 3 is 2.30 bits per heavy atom. The summed E-state index contributed by atoms with van der Waals surface area (Å²) in [5.41, 5.74) is -0.119. The summed E-state index contributed by atoms with van der Waals surface area (Å²) in [6, 6.07) is 0. The summed E-state index contributed by atoms with van der Waals surface area (Å²) in [4.78, 5) is 8.07. The Bertz CT molecular complexity index is 390. The lowest BCUT2D eigenvalue weighted by molar-refractivity contribution is 0.0246. The van der Waals surface area contributed by atoms with Gasteiger partial charge in [-0.1, -0.05) is 0 Å². The number of aromatic nitrogens is 2. The molecule has 0 aliphatic heterocycles. The van der Waals surface area contributed by atoms with E-state index in [1.807, 2.05) is 0 Å². The average Bonchev–Trinajstić information content (AvgIpc) is 2.45. The summed E-state index contributed by atoms with van der Waals surface area (Å²) in [7, 11) is 4.70. The third kappa shape index (κ3) is 4.92. The van der Waals surface area contributed by atoms with Crippen LogP contribution in [0.3, 0.4) is 0 Å². The van der Waals surface area contributed by atoms with E-state index in [0.29, 0.717) is 37.9 Å². The molecule has 1 heterocycles. The SMILES string of the molecule is COCCC(C)(O)CNCc1c(OC)ncnc1OC. The number of methoxy groups -OCH3 is 3. The Kier molecular flexibility index (Phi) is 6.63. The Labute approximate surface area is 119 Å². The lowest BCUT2D eigenvalue weighted by Crippen LogP contribution is -2.38. The van der Waals surface area contributed by atoms with E-state index >= 15 is 0 Å². The molecule has 114 valence electrons. The molecular formula is C13H23N3O4. The van der Waals surface area contributed by atoms with E-state index in [9.17, 15) is 5.11 Å². The third-order valence-corrected chi connectivity index (χ3v) is 2.91. The molecule has 0 radical (unpaired) electrons. The van der Waals surface area contributed by atoms with E-state index in [1.165, 1.54) is 6.33 Å². The monoisotopic (exact) mass is 285 g/mol. The van der Waals surface area contributed by atoms with Crippen LogP contribution in [0.2, 0.25) is 0 Å². The second-order valence-corrected chi connectivity index (χ2v) is 4.71. The second kappa shape index (κ2) is 7.98. The summed E-state index contributed by atoms with van der Waals surface area (Å²) in [5.74, 6) is 0.918. The zero-order valence-corrected chi connectivity index (χ0v) is 12.5. The molecule has 0 bridgehead atoms. The van der Waals surface area contributed by atoms with Gasteiger partial charge in [-0.15, -0.1) is 0 Å². The highest BCUT2D eigenvalue weighted by Crippen LogP contribution is 2.23. The number of ether oxygens (including phenoxy) is 3. The summed E-state index contributed by atoms with van der Waals surface area (Å²) in [6.07, 6.45) is 1.94. The smallest absolute Gasteiger partial charge is 0.224 e. The molecule has 0 aliphatic carbocycles. The van der Waals surface area contributed by atoms with Crippen molar-refractivity contribution in [3.05, 3.63) is 11.9 Å². The number of nitrogens with zero attached hydrogens (tertiary/aromatic N) is 2. The summed E-state index contributed by atoms with van der Waals surface area (Å²) in [5, 5.41) is 13.3. The van der Waals surface area contributed by atoms with E-state index in [-0.39, 0.29) is 0 Å². The fourth-order valence-electron chi connectivity index (χ4n) is 1.75. The van der Waals surface area contributed by atoms with Crippen molar-refractivity contribution in [2.24, 2.45) is 0 Å². The Morgan fingerprint density at radius 1 is 1.20 bits per heavy atom. The van der Waals surface area contributed by atoms with Gasteiger partial charge < -0.3 is 24.6 Å². The fourth-order valence-corrected chi connectivity index (χ4v) is 1.75. The minimum absolute atomic E-state index is 0.414. The molecule has 2 N–H and O–H groups in total. The Morgan fingerprint density at radius 2 is 1.80 bits per heavy atom. The minimum Gasteiger partial charge on any atom is -0.481 e. The predicted molar refractivity (Wildman–Crippen MR) is 74.0 cm³/mol. The second-order valence-electron chi connectivity index (χ2n) is 4.71.